The van der Waals surface area contributed by atoms with Gasteiger partial charge in [-0.15, -0.1) is 0 Å². The molecule has 2 heterocycles. The van der Waals surface area contributed by atoms with Crippen LogP contribution in [0.4, 0.5) is 10.5 Å². The Hall–Kier alpha value is -3.61. The van der Waals surface area contributed by atoms with Crippen molar-refractivity contribution in [3.8, 4) is 11.4 Å². The second-order valence-electron chi connectivity index (χ2n) is 8.04. The maximum Gasteiger partial charge on any atom is 0.326 e. The van der Waals surface area contributed by atoms with Crippen LogP contribution >= 0.6 is 23.2 Å². The summed E-state index contributed by atoms with van der Waals surface area (Å²) in [5.74, 6) is 0.784. The van der Waals surface area contributed by atoms with Crippen molar-refractivity contribution in [3.05, 3.63) is 106 Å². The van der Waals surface area contributed by atoms with Gasteiger partial charge in [0.2, 0.25) is 5.82 Å². The van der Waals surface area contributed by atoms with Gasteiger partial charge in [-0.3, -0.25) is 4.90 Å². The van der Waals surface area contributed by atoms with Gasteiger partial charge in [0.1, 0.15) is 0 Å². The molecule has 4 aromatic rings. The van der Waals surface area contributed by atoms with E-state index >= 15 is 0 Å². The lowest BCUT2D eigenvalue weighted by atomic mass is 9.94. The number of aryl methyl sites for hydroxylation is 1. The highest BCUT2D eigenvalue weighted by atomic mass is 35.5. The number of carbonyl (C=O) groups is 1. The van der Waals surface area contributed by atoms with Gasteiger partial charge in [0.15, 0.2) is 0 Å². The van der Waals surface area contributed by atoms with Gasteiger partial charge in [-0.05, 0) is 55.8 Å². The minimum atomic E-state index is -0.527. The monoisotopic (exact) mass is 490 g/mol. The lowest BCUT2D eigenvalue weighted by molar-refractivity contribution is 0.244. The Bertz CT molecular complexity index is 1400. The summed E-state index contributed by atoms with van der Waals surface area (Å²) in [6.07, 6.45) is 0. The number of nitrogens with zero attached hydrogens (tertiary/aromatic N) is 3. The normalized spacial score (nSPS) is 16.1. The zero-order valence-corrected chi connectivity index (χ0v) is 19.9. The maximum absolute atomic E-state index is 13.2. The number of hydrogen-bond donors (Lipinski definition) is 1. The van der Waals surface area contributed by atoms with E-state index in [-0.39, 0.29) is 6.03 Å². The fraction of sp³-hybridized carbons (Fsp3) is 0.115. The van der Waals surface area contributed by atoms with E-state index in [0.717, 1.165) is 16.7 Å². The van der Waals surface area contributed by atoms with Crippen molar-refractivity contribution in [3.63, 3.8) is 0 Å². The molecule has 0 fully saturated rings. The van der Waals surface area contributed by atoms with Crippen LogP contribution in [0.1, 0.15) is 30.0 Å². The predicted octanol–water partition coefficient (Wildman–Crippen LogP) is 7.05. The van der Waals surface area contributed by atoms with Crippen molar-refractivity contribution in [2.75, 3.05) is 4.90 Å². The smallest absolute Gasteiger partial charge is 0.326 e. The van der Waals surface area contributed by atoms with Gasteiger partial charge in [-0.2, -0.15) is 4.98 Å². The molecular formula is C26H20Cl2N4O2. The molecule has 1 unspecified atom stereocenters. The number of nitrogens with one attached hydrogen (secondary N) is 1. The van der Waals surface area contributed by atoms with Crippen LogP contribution in [0.3, 0.4) is 0 Å². The third kappa shape index (κ3) is 4.18. The molecule has 170 valence electrons. The fourth-order valence-electron chi connectivity index (χ4n) is 4.01. The Kier molecular flexibility index (Phi) is 5.86. The maximum atomic E-state index is 13.2. The molecule has 1 aliphatic rings. The number of allylic oxidation sites excluding steroid dienone is 1. The van der Waals surface area contributed by atoms with E-state index in [1.54, 1.807) is 35.2 Å². The van der Waals surface area contributed by atoms with Crippen molar-refractivity contribution in [2.45, 2.75) is 19.9 Å². The summed E-state index contributed by atoms with van der Waals surface area (Å²) < 4.78 is 5.73. The van der Waals surface area contributed by atoms with Crippen molar-refractivity contribution in [1.29, 1.82) is 0 Å². The molecule has 1 N–H and O–H groups in total. The van der Waals surface area contributed by atoms with Gasteiger partial charge in [-0.1, -0.05) is 70.3 Å². The minimum Gasteiger partial charge on any atom is -0.334 e. The van der Waals surface area contributed by atoms with Gasteiger partial charge in [0.05, 0.1) is 17.3 Å². The topological polar surface area (TPSA) is 71.3 Å². The lowest BCUT2D eigenvalue weighted by Crippen LogP contribution is -2.46. The zero-order chi connectivity index (χ0) is 23.8. The molecular weight excluding hydrogens is 471 g/mol. The molecule has 0 saturated carbocycles. The molecule has 0 spiro atoms. The van der Waals surface area contributed by atoms with E-state index in [1.807, 2.05) is 56.3 Å². The van der Waals surface area contributed by atoms with Gasteiger partial charge in [0.25, 0.3) is 5.89 Å². The number of rotatable bonds is 4. The molecule has 0 radical (unpaired) electrons. The molecule has 1 aliphatic heterocycles. The fourth-order valence-corrected chi connectivity index (χ4v) is 4.33. The van der Waals surface area contributed by atoms with Crippen molar-refractivity contribution in [2.24, 2.45) is 0 Å². The van der Waals surface area contributed by atoms with Crippen LogP contribution in [0.15, 0.2) is 83.0 Å². The number of hydrogen-bond acceptors (Lipinski definition) is 4. The van der Waals surface area contributed by atoms with E-state index in [2.05, 4.69) is 15.5 Å². The molecule has 6 nitrogen and oxygen atoms in total. The van der Waals surface area contributed by atoms with E-state index in [1.165, 1.54) is 0 Å². The van der Waals surface area contributed by atoms with Gasteiger partial charge in [0, 0.05) is 21.3 Å². The lowest BCUT2D eigenvalue weighted by Gasteiger charge is -2.35. The number of amides is 2. The molecule has 0 aliphatic carbocycles. The summed E-state index contributed by atoms with van der Waals surface area (Å²) in [6, 6.07) is 21.5. The van der Waals surface area contributed by atoms with Crippen LogP contribution < -0.4 is 10.2 Å². The average molecular weight is 491 g/mol. The molecule has 1 aromatic heterocycles. The highest BCUT2D eigenvalue weighted by Crippen LogP contribution is 2.39. The predicted molar refractivity (Wildman–Crippen MR) is 134 cm³/mol. The Morgan fingerprint density at radius 1 is 0.941 bits per heavy atom. The van der Waals surface area contributed by atoms with E-state index in [0.29, 0.717) is 38.7 Å². The first-order chi connectivity index (χ1) is 16.4. The first-order valence-electron chi connectivity index (χ1n) is 10.6. The SMILES string of the molecule is CC1=C(c2nc(-c3ccc(C)cc3)no2)C(c2cccc(Cl)c2)NC(=O)N1c1ccc(Cl)cc1. The number of benzene rings is 3. The summed E-state index contributed by atoms with van der Waals surface area (Å²) in [5, 5.41) is 8.42. The van der Waals surface area contributed by atoms with Crippen LogP contribution in [0, 0.1) is 6.92 Å². The summed E-state index contributed by atoms with van der Waals surface area (Å²) in [4.78, 5) is 19.5. The summed E-state index contributed by atoms with van der Waals surface area (Å²) in [6.45, 7) is 3.88. The van der Waals surface area contributed by atoms with E-state index < -0.39 is 6.04 Å². The van der Waals surface area contributed by atoms with E-state index in [9.17, 15) is 4.79 Å². The summed E-state index contributed by atoms with van der Waals surface area (Å²) in [7, 11) is 0. The molecule has 0 bridgehead atoms. The quantitative estimate of drug-likeness (QED) is 0.332. The number of anilines is 1. The second kappa shape index (κ2) is 8.97. The molecule has 0 saturated heterocycles. The first-order valence-corrected chi connectivity index (χ1v) is 11.4. The minimum absolute atomic E-state index is 0.285. The Balaban J connectivity index is 1.65. The molecule has 1 atom stereocenters. The Morgan fingerprint density at radius 2 is 1.68 bits per heavy atom. The first kappa shape index (κ1) is 22.2. The van der Waals surface area contributed by atoms with E-state index in [4.69, 9.17) is 27.7 Å². The molecule has 3 aromatic carbocycles. The Labute approximate surface area is 206 Å². The molecule has 5 rings (SSSR count). The van der Waals surface area contributed by atoms with Crippen LogP contribution in [-0.4, -0.2) is 16.2 Å². The number of aromatic nitrogens is 2. The molecule has 2 amide bonds. The van der Waals surface area contributed by atoms with Crippen molar-refractivity contribution < 1.29 is 9.32 Å². The highest BCUT2D eigenvalue weighted by molar-refractivity contribution is 6.31. The highest BCUT2D eigenvalue weighted by Gasteiger charge is 2.36. The van der Waals surface area contributed by atoms with Crippen molar-refractivity contribution in [1.82, 2.24) is 15.5 Å². The van der Waals surface area contributed by atoms with Gasteiger partial charge >= 0.3 is 6.03 Å². The van der Waals surface area contributed by atoms with Crippen LogP contribution in [-0.2, 0) is 0 Å². The van der Waals surface area contributed by atoms with Crippen molar-refractivity contribution >= 4 is 40.5 Å². The standard InChI is InChI=1S/C26H20Cl2N4O2/c1-15-6-8-17(9-7-15)24-30-25(34-31-24)22-16(2)32(21-12-10-19(27)11-13-21)26(33)29-23(22)18-4-3-5-20(28)14-18/h3-14,23H,1-2H3,(H,29,33). The third-order valence-corrected chi connectivity index (χ3v) is 6.20. The van der Waals surface area contributed by atoms with Gasteiger partial charge < -0.3 is 9.84 Å². The van der Waals surface area contributed by atoms with Gasteiger partial charge in [-0.25, -0.2) is 4.79 Å². The molecule has 8 heteroatoms. The van der Waals surface area contributed by atoms with Crippen LogP contribution in [0.25, 0.3) is 17.0 Å². The zero-order valence-electron chi connectivity index (χ0n) is 18.4. The number of carbonyl (C=O) groups excluding carboxylic acids is 1. The summed E-state index contributed by atoms with van der Waals surface area (Å²) >= 11 is 12.3. The second-order valence-corrected chi connectivity index (χ2v) is 8.91. The number of urea groups is 1. The van der Waals surface area contributed by atoms with Crippen LogP contribution in [0.2, 0.25) is 10.0 Å². The number of halogens is 2. The summed E-state index contributed by atoms with van der Waals surface area (Å²) in [5.41, 5.74) is 4.80. The Morgan fingerprint density at radius 3 is 2.38 bits per heavy atom. The molecule has 34 heavy (non-hydrogen) atoms. The average Bonchev–Trinajstić information content (AvgIpc) is 3.30. The third-order valence-electron chi connectivity index (χ3n) is 5.72. The largest absolute Gasteiger partial charge is 0.334 e. The van der Waals surface area contributed by atoms with Crippen LogP contribution in [0.5, 0.6) is 0 Å².